The van der Waals surface area contributed by atoms with Gasteiger partial charge in [0.25, 0.3) is 11.8 Å². The Balaban J connectivity index is 1.75. The lowest BCUT2D eigenvalue weighted by Gasteiger charge is -2.20. The fourth-order valence-corrected chi connectivity index (χ4v) is 3.45. The first-order chi connectivity index (χ1) is 10.5. The van der Waals surface area contributed by atoms with Crippen LogP contribution in [0.3, 0.4) is 0 Å². The van der Waals surface area contributed by atoms with Gasteiger partial charge >= 0.3 is 0 Å². The van der Waals surface area contributed by atoms with Gasteiger partial charge in [-0.15, -0.1) is 11.3 Å². The third kappa shape index (κ3) is 3.15. The van der Waals surface area contributed by atoms with Crippen molar-refractivity contribution in [2.24, 2.45) is 0 Å². The van der Waals surface area contributed by atoms with Gasteiger partial charge in [-0.25, -0.2) is 0 Å². The topological polar surface area (TPSA) is 67.4 Å². The van der Waals surface area contributed by atoms with E-state index in [1.165, 1.54) is 11.3 Å². The Morgan fingerprint density at radius 3 is 2.95 bits per heavy atom. The maximum Gasteiger partial charge on any atom is 0.262 e. The number of fused-ring (bicyclic) bond motifs is 1. The quantitative estimate of drug-likeness (QED) is 0.857. The number of carbonyl (C=O) groups is 2. The number of ether oxygens (including phenoxy) is 1. The Hall–Kier alpha value is -1.86. The molecular weight excluding hydrogens is 368 g/mol. The zero-order chi connectivity index (χ0) is 15.7. The van der Waals surface area contributed by atoms with Crippen LogP contribution in [-0.4, -0.2) is 18.4 Å². The second-order valence-electron chi connectivity index (χ2n) is 4.89. The largest absolute Gasteiger partial charge is 0.482 e. The van der Waals surface area contributed by atoms with E-state index in [0.717, 1.165) is 9.35 Å². The first-order valence-electron chi connectivity index (χ1n) is 6.66. The van der Waals surface area contributed by atoms with Crippen LogP contribution in [0.2, 0.25) is 0 Å². The molecule has 0 radical (unpaired) electrons. The lowest BCUT2D eigenvalue weighted by Crippen LogP contribution is -2.27. The molecule has 1 aliphatic rings. The van der Waals surface area contributed by atoms with E-state index in [1.54, 1.807) is 12.1 Å². The summed E-state index contributed by atoms with van der Waals surface area (Å²) in [5.74, 6) is 0.343. The predicted molar refractivity (Wildman–Crippen MR) is 88.5 cm³/mol. The number of benzene rings is 1. The van der Waals surface area contributed by atoms with Crippen molar-refractivity contribution < 1.29 is 14.3 Å². The van der Waals surface area contributed by atoms with Gasteiger partial charge in [-0.05, 0) is 52.7 Å². The van der Waals surface area contributed by atoms with Gasteiger partial charge < -0.3 is 15.4 Å². The van der Waals surface area contributed by atoms with E-state index in [2.05, 4.69) is 26.6 Å². The summed E-state index contributed by atoms with van der Waals surface area (Å²) in [6.45, 7) is 1.93. The molecule has 22 heavy (non-hydrogen) atoms. The maximum atomic E-state index is 12.2. The van der Waals surface area contributed by atoms with Crippen LogP contribution >= 0.6 is 27.3 Å². The van der Waals surface area contributed by atoms with Crippen molar-refractivity contribution >= 4 is 44.8 Å². The molecule has 2 aromatic rings. The van der Waals surface area contributed by atoms with Gasteiger partial charge in [-0.1, -0.05) is 6.07 Å². The van der Waals surface area contributed by atoms with Crippen molar-refractivity contribution in [3.05, 3.63) is 44.6 Å². The molecule has 5 nitrogen and oxygen atoms in total. The number of hydrogen-bond acceptors (Lipinski definition) is 4. The number of nitrogens with one attached hydrogen (secondary N) is 2. The number of rotatable bonds is 3. The summed E-state index contributed by atoms with van der Waals surface area (Å²) in [6.07, 6.45) is 0. The molecule has 0 spiro atoms. The Morgan fingerprint density at radius 2 is 2.23 bits per heavy atom. The number of thiophene rings is 1. The zero-order valence-electron chi connectivity index (χ0n) is 11.7. The lowest BCUT2D eigenvalue weighted by atomic mass is 10.1. The van der Waals surface area contributed by atoms with Crippen LogP contribution in [0.4, 0.5) is 5.69 Å². The van der Waals surface area contributed by atoms with Crippen molar-refractivity contribution in [2.75, 3.05) is 11.9 Å². The van der Waals surface area contributed by atoms with E-state index >= 15 is 0 Å². The third-order valence-electron chi connectivity index (χ3n) is 3.28. The van der Waals surface area contributed by atoms with Crippen molar-refractivity contribution in [1.82, 2.24) is 5.32 Å². The Morgan fingerprint density at radius 1 is 1.41 bits per heavy atom. The van der Waals surface area contributed by atoms with Crippen LogP contribution in [-0.2, 0) is 4.79 Å². The second-order valence-corrected chi connectivity index (χ2v) is 7.35. The molecule has 1 aromatic heterocycles. The Bertz CT molecular complexity index is 744. The maximum absolute atomic E-state index is 12.2. The number of anilines is 1. The molecule has 1 aliphatic heterocycles. The van der Waals surface area contributed by atoms with E-state index in [1.807, 2.05) is 25.1 Å². The van der Waals surface area contributed by atoms with Gasteiger partial charge in [0.05, 0.1) is 20.4 Å². The van der Waals surface area contributed by atoms with Gasteiger partial charge in [0.1, 0.15) is 5.75 Å². The first kappa shape index (κ1) is 15.1. The van der Waals surface area contributed by atoms with Gasteiger partial charge in [0.2, 0.25) is 0 Å². The van der Waals surface area contributed by atoms with Gasteiger partial charge in [0, 0.05) is 0 Å². The van der Waals surface area contributed by atoms with Gasteiger partial charge in [-0.3, -0.25) is 9.59 Å². The van der Waals surface area contributed by atoms with Crippen LogP contribution in [0.5, 0.6) is 5.75 Å². The van der Waals surface area contributed by atoms with E-state index in [-0.39, 0.29) is 24.5 Å². The molecule has 7 heteroatoms. The summed E-state index contributed by atoms with van der Waals surface area (Å²) in [4.78, 5) is 24.2. The molecular formula is C15H13BrN2O3S. The molecule has 0 bridgehead atoms. The number of carbonyl (C=O) groups excluding carboxylic acids is 2. The highest BCUT2D eigenvalue weighted by Gasteiger charge is 2.19. The molecule has 0 saturated carbocycles. The molecule has 1 aromatic carbocycles. The molecule has 2 amide bonds. The van der Waals surface area contributed by atoms with Gasteiger partial charge in [-0.2, -0.15) is 0 Å². The van der Waals surface area contributed by atoms with E-state index in [0.29, 0.717) is 16.3 Å². The first-order valence-corrected chi connectivity index (χ1v) is 8.26. The van der Waals surface area contributed by atoms with Crippen molar-refractivity contribution in [3.8, 4) is 5.75 Å². The third-order valence-corrected chi connectivity index (χ3v) is 4.90. The van der Waals surface area contributed by atoms with Crippen LogP contribution in [0.15, 0.2) is 34.1 Å². The summed E-state index contributed by atoms with van der Waals surface area (Å²) < 4.78 is 6.24. The number of hydrogen-bond donors (Lipinski definition) is 2. The summed E-state index contributed by atoms with van der Waals surface area (Å²) >= 11 is 4.73. The van der Waals surface area contributed by atoms with Crippen molar-refractivity contribution in [1.29, 1.82) is 0 Å². The minimum absolute atomic E-state index is 0.0336. The molecule has 3 rings (SSSR count). The second kappa shape index (κ2) is 6.10. The van der Waals surface area contributed by atoms with E-state index < -0.39 is 0 Å². The smallest absolute Gasteiger partial charge is 0.262 e. The standard InChI is InChI=1S/C15H13BrN2O3S/c1-8(17-15(20)12-4-5-13(16)22-12)9-2-3-11-10(6-9)18-14(19)7-21-11/h2-6,8H,7H2,1H3,(H,17,20)(H,18,19). The molecule has 2 N–H and O–H groups in total. The van der Waals surface area contributed by atoms with Crippen LogP contribution in [0, 0.1) is 0 Å². The van der Waals surface area contributed by atoms with Gasteiger partial charge in [0.15, 0.2) is 6.61 Å². The van der Waals surface area contributed by atoms with Crippen LogP contribution in [0.1, 0.15) is 28.2 Å². The molecule has 114 valence electrons. The summed E-state index contributed by atoms with van der Waals surface area (Å²) in [7, 11) is 0. The fourth-order valence-electron chi connectivity index (χ4n) is 2.16. The molecule has 0 saturated heterocycles. The highest BCUT2D eigenvalue weighted by molar-refractivity contribution is 9.11. The molecule has 1 unspecified atom stereocenters. The predicted octanol–water partition coefficient (Wildman–Crippen LogP) is 3.33. The summed E-state index contributed by atoms with van der Waals surface area (Å²) in [5, 5.41) is 5.70. The SMILES string of the molecule is CC(NC(=O)c1ccc(Br)s1)c1ccc2c(c1)NC(=O)CO2. The van der Waals surface area contributed by atoms with Crippen LogP contribution < -0.4 is 15.4 Å². The number of amides is 2. The number of halogens is 1. The molecule has 1 atom stereocenters. The average Bonchev–Trinajstić information content (AvgIpc) is 2.93. The zero-order valence-corrected chi connectivity index (χ0v) is 14.1. The Labute approximate surface area is 139 Å². The van der Waals surface area contributed by atoms with Crippen molar-refractivity contribution in [2.45, 2.75) is 13.0 Å². The minimum Gasteiger partial charge on any atom is -0.482 e. The fraction of sp³-hybridized carbons (Fsp3) is 0.200. The highest BCUT2D eigenvalue weighted by atomic mass is 79.9. The van der Waals surface area contributed by atoms with Crippen molar-refractivity contribution in [3.63, 3.8) is 0 Å². The molecule has 0 aliphatic carbocycles. The lowest BCUT2D eigenvalue weighted by molar-refractivity contribution is -0.118. The van der Waals surface area contributed by atoms with Crippen LogP contribution in [0.25, 0.3) is 0 Å². The summed E-state index contributed by atoms with van der Waals surface area (Å²) in [5.41, 5.74) is 1.53. The molecule has 2 heterocycles. The minimum atomic E-state index is -0.183. The average molecular weight is 381 g/mol. The molecule has 0 fully saturated rings. The summed E-state index contributed by atoms with van der Waals surface area (Å²) in [6, 6.07) is 8.94. The highest BCUT2D eigenvalue weighted by Crippen LogP contribution is 2.30. The monoisotopic (exact) mass is 380 g/mol. The van der Waals surface area contributed by atoms with E-state index in [4.69, 9.17) is 4.74 Å². The Kier molecular flexibility index (Phi) is 4.17. The van der Waals surface area contributed by atoms with E-state index in [9.17, 15) is 9.59 Å². The normalized spacial score (nSPS) is 14.5.